The SMILES string of the molecule is COc1ccc(N)c(C(=O)OCCCC#N)c1. The third-order valence-electron chi connectivity index (χ3n) is 2.15. The van der Waals surface area contributed by atoms with Crippen molar-refractivity contribution in [3.8, 4) is 11.8 Å². The fourth-order valence-electron chi connectivity index (χ4n) is 1.23. The number of esters is 1. The second kappa shape index (κ2) is 6.38. The van der Waals surface area contributed by atoms with E-state index >= 15 is 0 Å². The normalized spacial score (nSPS) is 9.41. The van der Waals surface area contributed by atoms with Crippen molar-refractivity contribution in [3.63, 3.8) is 0 Å². The number of rotatable bonds is 5. The van der Waals surface area contributed by atoms with E-state index < -0.39 is 5.97 Å². The molecule has 0 saturated heterocycles. The van der Waals surface area contributed by atoms with E-state index in [1.54, 1.807) is 12.1 Å². The highest BCUT2D eigenvalue weighted by molar-refractivity contribution is 5.95. The molecule has 1 aromatic carbocycles. The molecule has 0 unspecified atom stereocenters. The van der Waals surface area contributed by atoms with Crippen LogP contribution in [0.25, 0.3) is 0 Å². The maximum atomic E-state index is 11.7. The summed E-state index contributed by atoms with van der Waals surface area (Å²) in [7, 11) is 1.51. The van der Waals surface area contributed by atoms with Crippen LogP contribution in [0.3, 0.4) is 0 Å². The predicted molar refractivity (Wildman–Crippen MR) is 62.5 cm³/mol. The molecular formula is C12H14N2O3. The largest absolute Gasteiger partial charge is 0.497 e. The van der Waals surface area contributed by atoms with E-state index in [1.807, 2.05) is 6.07 Å². The fourth-order valence-corrected chi connectivity index (χ4v) is 1.23. The first-order valence-electron chi connectivity index (χ1n) is 5.16. The molecule has 0 heterocycles. The molecule has 0 fully saturated rings. The van der Waals surface area contributed by atoms with Crippen LogP contribution in [0, 0.1) is 11.3 Å². The Hall–Kier alpha value is -2.22. The van der Waals surface area contributed by atoms with Gasteiger partial charge in [-0.2, -0.15) is 5.26 Å². The Morgan fingerprint density at radius 1 is 1.53 bits per heavy atom. The Kier molecular flexibility index (Phi) is 4.82. The highest BCUT2D eigenvalue weighted by Gasteiger charge is 2.12. The first-order valence-corrected chi connectivity index (χ1v) is 5.16. The minimum atomic E-state index is -0.501. The minimum absolute atomic E-state index is 0.211. The van der Waals surface area contributed by atoms with Gasteiger partial charge in [0.05, 0.1) is 25.3 Å². The van der Waals surface area contributed by atoms with Crippen LogP contribution in [0.15, 0.2) is 18.2 Å². The van der Waals surface area contributed by atoms with Crippen LogP contribution < -0.4 is 10.5 Å². The summed E-state index contributed by atoms with van der Waals surface area (Å²) in [5.74, 6) is 0.0440. The molecule has 0 aliphatic rings. The highest BCUT2D eigenvalue weighted by atomic mass is 16.5. The summed E-state index contributed by atoms with van der Waals surface area (Å²) in [6.45, 7) is 0.211. The number of carbonyl (C=O) groups excluding carboxylic acids is 1. The van der Waals surface area contributed by atoms with Gasteiger partial charge in [0.1, 0.15) is 5.75 Å². The van der Waals surface area contributed by atoms with Gasteiger partial charge in [0.2, 0.25) is 0 Å². The Morgan fingerprint density at radius 3 is 2.94 bits per heavy atom. The molecule has 0 aliphatic heterocycles. The number of nitrogen functional groups attached to an aromatic ring is 1. The van der Waals surface area contributed by atoms with E-state index in [4.69, 9.17) is 20.5 Å². The smallest absolute Gasteiger partial charge is 0.340 e. The van der Waals surface area contributed by atoms with Crippen molar-refractivity contribution >= 4 is 11.7 Å². The third kappa shape index (κ3) is 3.68. The van der Waals surface area contributed by atoms with Crippen molar-refractivity contribution in [3.05, 3.63) is 23.8 Å². The van der Waals surface area contributed by atoms with Crippen molar-refractivity contribution < 1.29 is 14.3 Å². The Bertz CT molecular complexity index is 438. The molecule has 0 atom stereocenters. The van der Waals surface area contributed by atoms with Crippen molar-refractivity contribution in [2.24, 2.45) is 0 Å². The number of unbranched alkanes of at least 4 members (excludes halogenated alkanes) is 1. The first-order chi connectivity index (χ1) is 8.19. The molecule has 0 spiro atoms. The van der Waals surface area contributed by atoms with Crippen LogP contribution >= 0.6 is 0 Å². The summed E-state index contributed by atoms with van der Waals surface area (Å²) in [6, 6.07) is 6.76. The number of nitrogens with two attached hydrogens (primary N) is 1. The number of anilines is 1. The van der Waals surface area contributed by atoms with E-state index in [0.29, 0.717) is 24.3 Å². The second-order valence-electron chi connectivity index (χ2n) is 3.35. The topological polar surface area (TPSA) is 85.3 Å². The number of benzene rings is 1. The zero-order chi connectivity index (χ0) is 12.7. The van der Waals surface area contributed by atoms with Crippen LogP contribution in [0.4, 0.5) is 5.69 Å². The van der Waals surface area contributed by atoms with Crippen molar-refractivity contribution in [2.75, 3.05) is 19.5 Å². The highest BCUT2D eigenvalue weighted by Crippen LogP contribution is 2.20. The molecule has 90 valence electrons. The number of nitrogens with zero attached hydrogens (tertiary/aromatic N) is 1. The summed E-state index contributed by atoms with van der Waals surface area (Å²) in [4.78, 5) is 11.7. The average Bonchev–Trinajstić information content (AvgIpc) is 2.35. The van der Waals surface area contributed by atoms with Gasteiger partial charge in [-0.15, -0.1) is 0 Å². The van der Waals surface area contributed by atoms with Gasteiger partial charge in [0.15, 0.2) is 0 Å². The monoisotopic (exact) mass is 234 g/mol. The Balaban J connectivity index is 2.65. The van der Waals surface area contributed by atoms with Gasteiger partial charge in [-0.25, -0.2) is 4.79 Å². The summed E-state index contributed by atoms with van der Waals surface area (Å²) in [5, 5.41) is 8.33. The molecular weight excluding hydrogens is 220 g/mol. The van der Waals surface area contributed by atoms with Gasteiger partial charge in [0.25, 0.3) is 0 Å². The summed E-state index contributed by atoms with van der Waals surface area (Å²) in [6.07, 6.45) is 0.882. The van der Waals surface area contributed by atoms with E-state index in [2.05, 4.69) is 0 Å². The number of ether oxygens (including phenoxy) is 2. The molecule has 1 aromatic rings. The van der Waals surface area contributed by atoms with Crippen LogP contribution in [-0.4, -0.2) is 19.7 Å². The maximum absolute atomic E-state index is 11.7. The van der Waals surface area contributed by atoms with Crippen molar-refractivity contribution in [1.29, 1.82) is 5.26 Å². The molecule has 2 N–H and O–H groups in total. The molecule has 5 nitrogen and oxygen atoms in total. The zero-order valence-corrected chi connectivity index (χ0v) is 9.60. The van der Waals surface area contributed by atoms with Gasteiger partial charge in [-0.05, 0) is 24.6 Å². The molecule has 0 bridgehead atoms. The van der Waals surface area contributed by atoms with Crippen LogP contribution in [0.1, 0.15) is 23.2 Å². The average molecular weight is 234 g/mol. The van der Waals surface area contributed by atoms with Crippen LogP contribution in [0.2, 0.25) is 0 Å². The lowest BCUT2D eigenvalue weighted by molar-refractivity contribution is 0.0502. The second-order valence-corrected chi connectivity index (χ2v) is 3.35. The number of nitriles is 1. The number of hydrogen-bond donors (Lipinski definition) is 1. The standard InChI is InChI=1S/C12H14N2O3/c1-16-9-4-5-11(14)10(8-9)12(15)17-7-3-2-6-13/h4-5,8H,2-3,7,14H2,1H3. The van der Waals surface area contributed by atoms with E-state index in [-0.39, 0.29) is 12.2 Å². The number of hydrogen-bond acceptors (Lipinski definition) is 5. The Morgan fingerprint density at radius 2 is 2.29 bits per heavy atom. The van der Waals surface area contributed by atoms with Crippen molar-refractivity contribution in [1.82, 2.24) is 0 Å². The maximum Gasteiger partial charge on any atom is 0.340 e. The summed E-state index contributed by atoms with van der Waals surface area (Å²) < 4.78 is 9.98. The molecule has 0 amide bonds. The molecule has 5 heteroatoms. The molecule has 0 radical (unpaired) electrons. The van der Waals surface area contributed by atoms with Gasteiger partial charge in [-0.1, -0.05) is 0 Å². The zero-order valence-electron chi connectivity index (χ0n) is 9.60. The summed E-state index contributed by atoms with van der Waals surface area (Å²) in [5.41, 5.74) is 6.29. The lowest BCUT2D eigenvalue weighted by atomic mass is 10.2. The molecule has 0 aliphatic carbocycles. The molecule has 0 aromatic heterocycles. The molecule has 17 heavy (non-hydrogen) atoms. The predicted octanol–water partition coefficient (Wildman–Crippen LogP) is 1.74. The number of carbonyl (C=O) groups is 1. The van der Waals surface area contributed by atoms with Crippen LogP contribution in [0.5, 0.6) is 5.75 Å². The van der Waals surface area contributed by atoms with E-state index in [0.717, 1.165) is 0 Å². The van der Waals surface area contributed by atoms with Gasteiger partial charge in [-0.3, -0.25) is 0 Å². The number of methoxy groups -OCH3 is 1. The molecule has 0 saturated carbocycles. The van der Waals surface area contributed by atoms with Gasteiger partial charge < -0.3 is 15.2 Å². The van der Waals surface area contributed by atoms with Gasteiger partial charge in [0, 0.05) is 12.1 Å². The van der Waals surface area contributed by atoms with Crippen LogP contribution in [-0.2, 0) is 4.74 Å². The summed E-state index contributed by atoms with van der Waals surface area (Å²) >= 11 is 0. The van der Waals surface area contributed by atoms with Crippen molar-refractivity contribution in [2.45, 2.75) is 12.8 Å². The Labute approximate surface area is 99.7 Å². The minimum Gasteiger partial charge on any atom is -0.497 e. The first kappa shape index (κ1) is 12.8. The van der Waals surface area contributed by atoms with E-state index in [1.165, 1.54) is 13.2 Å². The quantitative estimate of drug-likeness (QED) is 0.476. The third-order valence-corrected chi connectivity index (χ3v) is 2.15. The fraction of sp³-hybridized carbons (Fsp3) is 0.333. The lowest BCUT2D eigenvalue weighted by Gasteiger charge is -2.08. The van der Waals surface area contributed by atoms with E-state index in [9.17, 15) is 4.79 Å². The molecule has 1 rings (SSSR count). The lowest BCUT2D eigenvalue weighted by Crippen LogP contribution is -2.09. The van der Waals surface area contributed by atoms with Gasteiger partial charge >= 0.3 is 5.97 Å².